The Morgan fingerprint density at radius 2 is 2.20 bits per heavy atom. The quantitative estimate of drug-likeness (QED) is 0.306. The Labute approximate surface area is 156 Å². The van der Waals surface area contributed by atoms with Gasteiger partial charge < -0.3 is 14.7 Å². The molecule has 5 nitrogen and oxygen atoms in total. The molecular weight excluding hydrogens is 338 g/mol. The van der Waals surface area contributed by atoms with Crippen LogP contribution in [0.25, 0.3) is 0 Å². The number of hydrogen-bond acceptors (Lipinski definition) is 5. The summed E-state index contributed by atoms with van der Waals surface area (Å²) >= 11 is 1.76. The van der Waals surface area contributed by atoms with Crippen LogP contribution in [0.15, 0.2) is 12.2 Å². The van der Waals surface area contributed by atoms with Gasteiger partial charge in [0, 0.05) is 25.1 Å². The van der Waals surface area contributed by atoms with Crippen molar-refractivity contribution in [3.05, 3.63) is 12.2 Å². The number of carbonyl (C=O) groups is 2. The van der Waals surface area contributed by atoms with Gasteiger partial charge in [0.25, 0.3) is 0 Å². The van der Waals surface area contributed by atoms with Crippen molar-refractivity contribution < 1.29 is 19.4 Å². The second kappa shape index (κ2) is 13.2. The zero-order valence-corrected chi connectivity index (χ0v) is 16.4. The molecule has 6 heteroatoms. The van der Waals surface area contributed by atoms with Crippen LogP contribution in [0.2, 0.25) is 0 Å². The fraction of sp³-hybridized carbons (Fsp3) is 0.789. The number of methoxy groups -OCH3 is 1. The third kappa shape index (κ3) is 9.31. The van der Waals surface area contributed by atoms with Crippen molar-refractivity contribution in [2.24, 2.45) is 0 Å². The number of hydrogen-bond donors (Lipinski definition) is 1. The number of nitrogens with zero attached hydrogens (tertiary/aromatic N) is 1. The van der Waals surface area contributed by atoms with Gasteiger partial charge in [0.05, 0.1) is 19.3 Å². The number of thioether (sulfide) groups is 1. The molecule has 1 amide bonds. The predicted octanol–water partition coefficient (Wildman–Crippen LogP) is 3.16. The molecule has 1 heterocycles. The number of unbranched alkanes of at least 4 members (excludes halogenated alkanes) is 2. The second-order valence-electron chi connectivity index (χ2n) is 6.43. The molecule has 0 aliphatic carbocycles. The lowest BCUT2D eigenvalue weighted by Gasteiger charge is -2.22. The highest BCUT2D eigenvalue weighted by atomic mass is 32.2. The largest absolute Gasteiger partial charge is 0.469 e. The smallest absolute Gasteiger partial charge is 0.305 e. The Bertz CT molecular complexity index is 428. The SMILES string of the molecule is CCCCCC(O)C=CC1CCC(=O)N1CCSCCCC(=O)OC. The number of rotatable bonds is 13. The number of esters is 1. The van der Waals surface area contributed by atoms with Crippen LogP contribution in [0.4, 0.5) is 0 Å². The van der Waals surface area contributed by atoms with Crippen LogP contribution >= 0.6 is 11.8 Å². The molecule has 0 spiro atoms. The molecule has 1 rings (SSSR count). The lowest BCUT2D eigenvalue weighted by molar-refractivity contribution is -0.140. The van der Waals surface area contributed by atoms with E-state index in [2.05, 4.69) is 11.7 Å². The van der Waals surface area contributed by atoms with Crippen LogP contribution in [0, 0.1) is 0 Å². The van der Waals surface area contributed by atoms with Crippen LogP contribution < -0.4 is 0 Å². The number of aliphatic hydroxyl groups is 1. The molecule has 0 saturated carbocycles. The van der Waals surface area contributed by atoms with Crippen molar-refractivity contribution in [3.8, 4) is 0 Å². The Balaban J connectivity index is 2.26. The summed E-state index contributed by atoms with van der Waals surface area (Å²) < 4.78 is 4.61. The number of ether oxygens (including phenoxy) is 1. The Morgan fingerprint density at radius 3 is 2.92 bits per heavy atom. The minimum Gasteiger partial charge on any atom is -0.469 e. The molecule has 25 heavy (non-hydrogen) atoms. The minimum absolute atomic E-state index is 0.115. The number of aliphatic hydroxyl groups excluding tert-OH is 1. The Morgan fingerprint density at radius 1 is 1.40 bits per heavy atom. The van der Waals surface area contributed by atoms with Crippen LogP contribution in [0.1, 0.15) is 58.3 Å². The molecule has 1 aliphatic rings. The van der Waals surface area contributed by atoms with Crippen LogP contribution in [-0.2, 0) is 14.3 Å². The van der Waals surface area contributed by atoms with Crippen molar-refractivity contribution in [1.82, 2.24) is 4.90 Å². The first kappa shape index (κ1) is 22.0. The van der Waals surface area contributed by atoms with Gasteiger partial charge >= 0.3 is 5.97 Å². The molecule has 2 unspecified atom stereocenters. The van der Waals surface area contributed by atoms with Gasteiger partial charge in [-0.15, -0.1) is 0 Å². The molecule has 0 aromatic rings. The Hall–Kier alpha value is -1.01. The van der Waals surface area contributed by atoms with E-state index in [1.807, 2.05) is 17.1 Å². The molecule has 0 aromatic heterocycles. The van der Waals surface area contributed by atoms with E-state index in [-0.39, 0.29) is 17.9 Å². The maximum absolute atomic E-state index is 12.0. The van der Waals surface area contributed by atoms with Gasteiger partial charge in [-0.1, -0.05) is 38.3 Å². The lowest BCUT2D eigenvalue weighted by atomic mass is 10.1. The van der Waals surface area contributed by atoms with E-state index in [9.17, 15) is 14.7 Å². The van der Waals surface area contributed by atoms with E-state index in [1.165, 1.54) is 7.11 Å². The third-order valence-electron chi connectivity index (χ3n) is 4.41. The fourth-order valence-electron chi connectivity index (χ4n) is 2.89. The summed E-state index contributed by atoms with van der Waals surface area (Å²) in [7, 11) is 1.41. The maximum Gasteiger partial charge on any atom is 0.305 e. The molecule has 2 atom stereocenters. The third-order valence-corrected chi connectivity index (χ3v) is 5.46. The molecule has 1 N–H and O–H groups in total. The highest BCUT2D eigenvalue weighted by molar-refractivity contribution is 7.99. The van der Waals surface area contributed by atoms with Crippen molar-refractivity contribution in [2.45, 2.75) is 70.4 Å². The fourth-order valence-corrected chi connectivity index (χ4v) is 3.77. The number of likely N-dealkylation sites (tertiary alicyclic amines) is 1. The average molecular weight is 372 g/mol. The summed E-state index contributed by atoms with van der Waals surface area (Å²) in [6.45, 7) is 2.88. The second-order valence-corrected chi connectivity index (χ2v) is 7.66. The first-order chi connectivity index (χ1) is 12.1. The van der Waals surface area contributed by atoms with Gasteiger partial charge in [-0.25, -0.2) is 0 Å². The van der Waals surface area contributed by atoms with Crippen LogP contribution in [0.3, 0.4) is 0 Å². The van der Waals surface area contributed by atoms with E-state index in [1.54, 1.807) is 11.8 Å². The predicted molar refractivity (Wildman–Crippen MR) is 103 cm³/mol. The summed E-state index contributed by atoms with van der Waals surface area (Å²) in [6.07, 6.45) is 10.3. The average Bonchev–Trinajstić information content (AvgIpc) is 2.96. The first-order valence-electron chi connectivity index (χ1n) is 9.38. The van der Waals surface area contributed by atoms with Crippen LogP contribution in [0.5, 0.6) is 0 Å². The lowest BCUT2D eigenvalue weighted by Crippen LogP contribution is -2.34. The van der Waals surface area contributed by atoms with Crippen molar-refractivity contribution in [3.63, 3.8) is 0 Å². The van der Waals surface area contributed by atoms with E-state index in [4.69, 9.17) is 0 Å². The first-order valence-corrected chi connectivity index (χ1v) is 10.5. The molecular formula is C19H33NO4S. The van der Waals surface area contributed by atoms with Gasteiger partial charge in [0.2, 0.25) is 5.91 Å². The van der Waals surface area contributed by atoms with Gasteiger partial charge in [0.1, 0.15) is 0 Å². The molecule has 1 fully saturated rings. The zero-order valence-electron chi connectivity index (χ0n) is 15.6. The molecule has 144 valence electrons. The van der Waals surface area contributed by atoms with Gasteiger partial charge in [-0.05, 0) is 25.0 Å². The monoisotopic (exact) mass is 371 g/mol. The highest BCUT2D eigenvalue weighted by Gasteiger charge is 2.28. The summed E-state index contributed by atoms with van der Waals surface area (Å²) in [5.74, 6) is 1.80. The standard InChI is InChI=1S/C19H33NO4S/c1-3-4-5-7-17(21)11-9-16-10-12-18(22)20(16)13-15-25-14-6-8-19(23)24-2/h9,11,16-17,21H,3-8,10,12-15H2,1-2H3. The number of carbonyl (C=O) groups excluding carboxylic acids is 2. The van der Waals surface area contributed by atoms with Crippen LogP contribution in [-0.4, -0.2) is 59.2 Å². The summed E-state index contributed by atoms with van der Waals surface area (Å²) in [5, 5.41) is 9.99. The molecule has 0 bridgehead atoms. The van der Waals surface area contributed by atoms with E-state index in [0.29, 0.717) is 12.8 Å². The molecule has 0 radical (unpaired) electrons. The summed E-state index contributed by atoms with van der Waals surface area (Å²) in [4.78, 5) is 25.0. The number of amides is 1. The molecule has 1 aliphatic heterocycles. The van der Waals surface area contributed by atoms with Crippen molar-refractivity contribution in [1.29, 1.82) is 0 Å². The zero-order chi connectivity index (χ0) is 18.5. The van der Waals surface area contributed by atoms with Crippen molar-refractivity contribution >= 4 is 23.6 Å². The van der Waals surface area contributed by atoms with Gasteiger partial charge in [-0.3, -0.25) is 9.59 Å². The van der Waals surface area contributed by atoms with Gasteiger partial charge in [-0.2, -0.15) is 11.8 Å². The normalized spacial score (nSPS) is 18.9. The van der Waals surface area contributed by atoms with E-state index in [0.717, 1.165) is 56.6 Å². The maximum atomic E-state index is 12.0. The molecule has 1 saturated heterocycles. The molecule has 0 aromatic carbocycles. The Kier molecular flexibility index (Phi) is 11.7. The topological polar surface area (TPSA) is 66.8 Å². The van der Waals surface area contributed by atoms with Gasteiger partial charge in [0.15, 0.2) is 0 Å². The highest BCUT2D eigenvalue weighted by Crippen LogP contribution is 2.21. The van der Waals surface area contributed by atoms with Crippen molar-refractivity contribution in [2.75, 3.05) is 25.2 Å². The van der Waals surface area contributed by atoms with E-state index < -0.39 is 6.10 Å². The summed E-state index contributed by atoms with van der Waals surface area (Å²) in [6, 6.07) is 0.115. The summed E-state index contributed by atoms with van der Waals surface area (Å²) in [5.41, 5.74) is 0. The van der Waals surface area contributed by atoms with E-state index >= 15 is 0 Å². The minimum atomic E-state index is -0.406.